The normalized spacial score (nSPS) is 12.0. The quantitative estimate of drug-likeness (QED) is 0.283. The highest BCUT2D eigenvalue weighted by molar-refractivity contribution is 7.18. The number of nitrogens with one attached hydrogen (secondary N) is 2. The van der Waals surface area contributed by atoms with E-state index in [1.807, 2.05) is 66.9 Å². The molecule has 0 aliphatic carbocycles. The Morgan fingerprint density at radius 3 is 2.42 bits per heavy atom. The molecule has 8 heteroatoms. The molecule has 2 aromatic heterocycles. The van der Waals surface area contributed by atoms with Crippen molar-refractivity contribution in [2.24, 2.45) is 0 Å². The van der Waals surface area contributed by atoms with E-state index >= 15 is 0 Å². The Morgan fingerprint density at radius 2 is 1.70 bits per heavy atom. The summed E-state index contributed by atoms with van der Waals surface area (Å²) < 4.78 is 0. The van der Waals surface area contributed by atoms with Gasteiger partial charge in [0.15, 0.2) is 5.13 Å². The van der Waals surface area contributed by atoms with E-state index in [9.17, 15) is 5.11 Å². The Balaban J connectivity index is 1.69. The first-order valence-electron chi connectivity index (χ1n) is 10.8. The number of rotatable bonds is 9. The summed E-state index contributed by atoms with van der Waals surface area (Å²) in [6, 6.07) is 19.6. The SMILES string of the molecule is CC(C)Nc1ncc(-c2cc(-c3ccccc3Cl)nc(N[C@@H](CO)Cc3ccccc3)n2)s1. The molecule has 0 spiro atoms. The van der Waals surface area contributed by atoms with Gasteiger partial charge in [-0.1, -0.05) is 71.5 Å². The van der Waals surface area contributed by atoms with Gasteiger partial charge in [0.25, 0.3) is 0 Å². The van der Waals surface area contributed by atoms with Crippen molar-refractivity contribution in [3.05, 3.63) is 77.4 Å². The Labute approximate surface area is 202 Å². The highest BCUT2D eigenvalue weighted by Gasteiger charge is 2.16. The fourth-order valence-electron chi connectivity index (χ4n) is 3.39. The van der Waals surface area contributed by atoms with E-state index in [0.29, 0.717) is 23.1 Å². The second kappa shape index (κ2) is 10.7. The van der Waals surface area contributed by atoms with Crippen LogP contribution in [0.25, 0.3) is 21.8 Å². The summed E-state index contributed by atoms with van der Waals surface area (Å²) in [6.45, 7) is 4.10. The van der Waals surface area contributed by atoms with Crippen LogP contribution >= 0.6 is 22.9 Å². The minimum Gasteiger partial charge on any atom is -0.394 e. The van der Waals surface area contributed by atoms with Gasteiger partial charge in [-0.15, -0.1) is 0 Å². The summed E-state index contributed by atoms with van der Waals surface area (Å²) in [5.74, 6) is 0.434. The number of anilines is 2. The van der Waals surface area contributed by atoms with Crippen LogP contribution in [0, 0.1) is 0 Å². The van der Waals surface area contributed by atoms with Gasteiger partial charge < -0.3 is 15.7 Å². The summed E-state index contributed by atoms with van der Waals surface area (Å²) in [6.07, 6.45) is 2.46. The molecule has 2 aromatic carbocycles. The standard InChI is InChI=1S/C25H26ClN5OS/c1-16(2)28-25-27-14-23(33-25)22-13-21(19-10-6-7-11-20(19)26)30-24(31-22)29-18(15-32)12-17-8-4-3-5-9-17/h3-11,13-14,16,18,32H,12,15H2,1-2H3,(H,27,28)(H,29,30,31)/t18-/m1/s1. The van der Waals surface area contributed by atoms with E-state index in [0.717, 1.165) is 26.8 Å². The molecule has 0 aliphatic rings. The predicted octanol–water partition coefficient (Wildman–Crippen LogP) is 5.76. The van der Waals surface area contributed by atoms with Crippen LogP contribution in [0.5, 0.6) is 0 Å². The van der Waals surface area contributed by atoms with Crippen molar-refractivity contribution in [3.8, 4) is 21.8 Å². The van der Waals surface area contributed by atoms with Crippen LogP contribution < -0.4 is 10.6 Å². The molecule has 3 N–H and O–H groups in total. The van der Waals surface area contributed by atoms with E-state index in [2.05, 4.69) is 29.5 Å². The molecule has 4 aromatic rings. The number of hydrogen-bond donors (Lipinski definition) is 3. The Kier molecular flexibility index (Phi) is 7.54. The Morgan fingerprint density at radius 1 is 0.970 bits per heavy atom. The minimum atomic E-state index is -0.235. The molecule has 2 heterocycles. The number of halogens is 1. The summed E-state index contributed by atoms with van der Waals surface area (Å²) >= 11 is 8.01. The largest absolute Gasteiger partial charge is 0.394 e. The van der Waals surface area contributed by atoms with Crippen LogP contribution in [0.15, 0.2) is 66.9 Å². The Bertz CT molecular complexity index is 1200. The lowest BCUT2D eigenvalue weighted by Crippen LogP contribution is -2.27. The maximum atomic E-state index is 10.00. The fourth-order valence-corrected chi connectivity index (χ4v) is 4.55. The summed E-state index contributed by atoms with van der Waals surface area (Å²) in [5.41, 5.74) is 3.39. The first kappa shape index (κ1) is 23.2. The average molecular weight is 480 g/mol. The summed E-state index contributed by atoms with van der Waals surface area (Å²) in [5, 5.41) is 18.1. The van der Waals surface area contributed by atoms with Gasteiger partial charge in [0.05, 0.1) is 28.9 Å². The molecule has 0 amide bonds. The number of aliphatic hydroxyl groups is 1. The van der Waals surface area contributed by atoms with E-state index in [1.165, 1.54) is 11.3 Å². The molecule has 4 rings (SSSR count). The van der Waals surface area contributed by atoms with E-state index in [-0.39, 0.29) is 18.7 Å². The number of thiazole rings is 1. The third-order valence-electron chi connectivity index (χ3n) is 4.92. The van der Waals surface area contributed by atoms with Gasteiger partial charge in [-0.3, -0.25) is 0 Å². The van der Waals surface area contributed by atoms with Crippen molar-refractivity contribution in [2.45, 2.75) is 32.4 Å². The number of nitrogens with zero attached hydrogens (tertiary/aromatic N) is 3. The molecule has 0 saturated heterocycles. The molecule has 0 radical (unpaired) electrons. The third-order valence-corrected chi connectivity index (χ3v) is 6.21. The average Bonchev–Trinajstić information content (AvgIpc) is 3.27. The van der Waals surface area contributed by atoms with Gasteiger partial charge in [-0.2, -0.15) is 0 Å². The smallest absolute Gasteiger partial charge is 0.224 e. The van der Waals surface area contributed by atoms with Crippen LogP contribution in [0.4, 0.5) is 11.1 Å². The monoisotopic (exact) mass is 479 g/mol. The van der Waals surface area contributed by atoms with Crippen molar-refractivity contribution >= 4 is 34.0 Å². The summed E-state index contributed by atoms with van der Waals surface area (Å²) in [7, 11) is 0. The van der Waals surface area contributed by atoms with Crippen LogP contribution in [0.2, 0.25) is 5.02 Å². The van der Waals surface area contributed by atoms with Gasteiger partial charge in [0, 0.05) is 22.8 Å². The molecule has 0 saturated carbocycles. The van der Waals surface area contributed by atoms with Gasteiger partial charge >= 0.3 is 0 Å². The first-order valence-corrected chi connectivity index (χ1v) is 12.0. The van der Waals surface area contributed by atoms with Gasteiger partial charge in [-0.25, -0.2) is 15.0 Å². The second-order valence-electron chi connectivity index (χ2n) is 7.98. The zero-order valence-electron chi connectivity index (χ0n) is 18.5. The van der Waals surface area contributed by atoms with Gasteiger partial charge in [-0.05, 0) is 38.0 Å². The Hall–Kier alpha value is -3.00. The molecule has 170 valence electrons. The van der Waals surface area contributed by atoms with Crippen LogP contribution in [0.1, 0.15) is 19.4 Å². The van der Waals surface area contributed by atoms with Crippen molar-refractivity contribution in [3.63, 3.8) is 0 Å². The third kappa shape index (κ3) is 6.07. The number of hydrogen-bond acceptors (Lipinski definition) is 7. The highest BCUT2D eigenvalue weighted by atomic mass is 35.5. The lowest BCUT2D eigenvalue weighted by Gasteiger charge is -2.17. The first-order chi connectivity index (χ1) is 16.0. The minimum absolute atomic E-state index is 0.0487. The number of aromatic nitrogens is 3. The highest BCUT2D eigenvalue weighted by Crippen LogP contribution is 2.33. The molecule has 33 heavy (non-hydrogen) atoms. The molecule has 0 bridgehead atoms. The van der Waals surface area contributed by atoms with E-state index in [1.54, 1.807) is 0 Å². The van der Waals surface area contributed by atoms with Crippen LogP contribution in [0.3, 0.4) is 0 Å². The lowest BCUT2D eigenvalue weighted by atomic mass is 10.1. The lowest BCUT2D eigenvalue weighted by molar-refractivity contribution is 0.273. The maximum absolute atomic E-state index is 10.00. The zero-order valence-corrected chi connectivity index (χ0v) is 20.1. The van der Waals surface area contributed by atoms with Crippen molar-refractivity contribution in [1.82, 2.24) is 15.0 Å². The predicted molar refractivity (Wildman–Crippen MR) is 137 cm³/mol. The molecule has 6 nitrogen and oxygen atoms in total. The molecule has 0 unspecified atom stereocenters. The fraction of sp³-hybridized carbons (Fsp3) is 0.240. The van der Waals surface area contributed by atoms with E-state index < -0.39 is 0 Å². The number of aliphatic hydroxyl groups excluding tert-OH is 1. The number of benzene rings is 2. The topological polar surface area (TPSA) is 83.0 Å². The molecular formula is C25H26ClN5OS. The molecular weight excluding hydrogens is 454 g/mol. The van der Waals surface area contributed by atoms with Crippen molar-refractivity contribution in [2.75, 3.05) is 17.2 Å². The van der Waals surface area contributed by atoms with Crippen LogP contribution in [-0.4, -0.2) is 38.7 Å². The van der Waals surface area contributed by atoms with Crippen molar-refractivity contribution < 1.29 is 5.11 Å². The molecule has 0 aliphatic heterocycles. The second-order valence-corrected chi connectivity index (χ2v) is 9.42. The maximum Gasteiger partial charge on any atom is 0.224 e. The zero-order chi connectivity index (χ0) is 23.2. The van der Waals surface area contributed by atoms with E-state index in [4.69, 9.17) is 21.6 Å². The molecule has 1 atom stereocenters. The van der Waals surface area contributed by atoms with Crippen molar-refractivity contribution in [1.29, 1.82) is 0 Å². The van der Waals surface area contributed by atoms with Gasteiger partial charge in [0.1, 0.15) is 0 Å². The van der Waals surface area contributed by atoms with Crippen LogP contribution in [-0.2, 0) is 6.42 Å². The van der Waals surface area contributed by atoms with Gasteiger partial charge in [0.2, 0.25) is 5.95 Å². The summed E-state index contributed by atoms with van der Waals surface area (Å²) in [4.78, 5) is 14.9. The molecule has 0 fully saturated rings.